The third-order valence-corrected chi connectivity index (χ3v) is 3.22. The third kappa shape index (κ3) is 4.22. The zero-order chi connectivity index (χ0) is 11.0. The minimum absolute atomic E-state index is 0.191. The average molecular weight is 223 g/mol. The van der Waals surface area contributed by atoms with Gasteiger partial charge >= 0.3 is 13.2 Å². The van der Waals surface area contributed by atoms with E-state index in [9.17, 15) is 9.36 Å². The van der Waals surface area contributed by atoms with Gasteiger partial charge in [-0.3, -0.25) is 4.79 Å². The van der Waals surface area contributed by atoms with Crippen LogP contribution in [0.3, 0.4) is 0 Å². The molecule has 0 unspecified atom stereocenters. The molecular formula is C8H18NO4P. The number of nitrogens with one attached hydrogen (secondary N) is 1. The molecule has 0 fully saturated rings. The van der Waals surface area contributed by atoms with E-state index in [4.69, 9.17) is 9.05 Å². The highest BCUT2D eigenvalue weighted by Gasteiger charge is 2.33. The molecule has 1 amide bonds. The fraction of sp³-hybridized carbons (Fsp3) is 0.875. The predicted molar refractivity (Wildman–Crippen MR) is 54.5 cm³/mol. The molecule has 6 heteroatoms. The van der Waals surface area contributed by atoms with Gasteiger partial charge in [0.1, 0.15) is 0 Å². The summed E-state index contributed by atoms with van der Waals surface area (Å²) in [5, 5.41) is 2.49. The topological polar surface area (TPSA) is 64.6 Å². The van der Waals surface area contributed by atoms with E-state index < -0.39 is 13.2 Å². The normalized spacial score (nSPS) is 11.4. The van der Waals surface area contributed by atoms with Crippen molar-refractivity contribution in [2.24, 2.45) is 0 Å². The molecule has 0 aromatic heterocycles. The molecule has 0 aliphatic heterocycles. The molecule has 5 nitrogen and oxygen atoms in total. The third-order valence-electron chi connectivity index (χ3n) is 1.37. The molecule has 84 valence electrons. The second-order valence-corrected chi connectivity index (χ2v) is 4.48. The number of rotatable bonds is 7. The van der Waals surface area contributed by atoms with Gasteiger partial charge < -0.3 is 14.4 Å². The molecule has 0 radical (unpaired) electrons. The minimum Gasteiger partial charge on any atom is -0.346 e. The Morgan fingerprint density at radius 1 is 1.21 bits per heavy atom. The van der Waals surface area contributed by atoms with Crippen LogP contribution in [0, 0.1) is 0 Å². The van der Waals surface area contributed by atoms with E-state index >= 15 is 0 Å². The molecule has 1 N–H and O–H groups in total. The molecule has 0 heterocycles. The van der Waals surface area contributed by atoms with Crippen molar-refractivity contribution in [3.8, 4) is 0 Å². The Bertz CT molecular complexity index is 209. The molecule has 0 aromatic carbocycles. The second kappa shape index (κ2) is 6.98. The lowest BCUT2D eigenvalue weighted by atomic mass is 10.5. The Morgan fingerprint density at radius 2 is 1.71 bits per heavy atom. The largest absolute Gasteiger partial charge is 0.418 e. The maximum atomic E-state index is 11.8. The molecule has 14 heavy (non-hydrogen) atoms. The van der Waals surface area contributed by atoms with E-state index in [1.165, 1.54) is 0 Å². The van der Waals surface area contributed by atoms with E-state index in [1.54, 1.807) is 13.8 Å². The smallest absolute Gasteiger partial charge is 0.346 e. The van der Waals surface area contributed by atoms with Gasteiger partial charge in [-0.15, -0.1) is 0 Å². The van der Waals surface area contributed by atoms with E-state index in [1.807, 2.05) is 6.92 Å². The lowest BCUT2D eigenvalue weighted by molar-refractivity contribution is 0.207. The van der Waals surface area contributed by atoms with Gasteiger partial charge in [0.2, 0.25) is 0 Å². The predicted octanol–water partition coefficient (Wildman–Crippen LogP) is 2.37. The maximum absolute atomic E-state index is 11.8. The Hall–Kier alpha value is -0.380. The zero-order valence-corrected chi connectivity index (χ0v) is 9.80. The van der Waals surface area contributed by atoms with Crippen molar-refractivity contribution in [2.45, 2.75) is 27.2 Å². The summed E-state index contributed by atoms with van der Waals surface area (Å²) < 4.78 is 21.5. The van der Waals surface area contributed by atoms with Crippen LogP contribution < -0.4 is 5.32 Å². The Labute approximate surface area is 84.7 Å². The summed E-state index contributed by atoms with van der Waals surface area (Å²) in [7, 11) is -3.59. The van der Waals surface area contributed by atoms with Crippen molar-refractivity contribution in [1.82, 2.24) is 5.32 Å². The van der Waals surface area contributed by atoms with Crippen LogP contribution in [-0.4, -0.2) is 25.4 Å². The Kier molecular flexibility index (Phi) is 6.79. The van der Waals surface area contributed by atoms with Crippen LogP contribution in [0.15, 0.2) is 0 Å². The summed E-state index contributed by atoms with van der Waals surface area (Å²) in [5.41, 5.74) is -0.650. The van der Waals surface area contributed by atoms with Crippen molar-refractivity contribution >= 4 is 13.2 Å². The van der Waals surface area contributed by atoms with Gasteiger partial charge in [0, 0.05) is 6.54 Å². The van der Waals surface area contributed by atoms with Crippen LogP contribution in [0.2, 0.25) is 0 Å². The monoisotopic (exact) mass is 223 g/mol. The van der Waals surface area contributed by atoms with Gasteiger partial charge in [-0.2, -0.15) is 0 Å². The molecule has 0 atom stereocenters. The van der Waals surface area contributed by atoms with Crippen molar-refractivity contribution in [3.05, 3.63) is 0 Å². The second-order valence-electron chi connectivity index (χ2n) is 2.56. The molecule has 0 aliphatic rings. The van der Waals surface area contributed by atoms with E-state index in [0.29, 0.717) is 6.54 Å². The van der Waals surface area contributed by atoms with Crippen molar-refractivity contribution in [1.29, 1.82) is 0 Å². The van der Waals surface area contributed by atoms with Crippen LogP contribution in [-0.2, 0) is 13.6 Å². The minimum atomic E-state index is -3.59. The summed E-state index contributed by atoms with van der Waals surface area (Å²) in [6.07, 6.45) is 0.782. The summed E-state index contributed by atoms with van der Waals surface area (Å²) in [4.78, 5) is 11.4. The van der Waals surface area contributed by atoms with Gasteiger partial charge in [-0.25, -0.2) is 4.57 Å². The van der Waals surface area contributed by atoms with Gasteiger partial charge in [-0.05, 0) is 20.3 Å². The first-order chi connectivity index (χ1) is 6.60. The Balaban J connectivity index is 4.31. The molecule has 0 spiro atoms. The fourth-order valence-corrected chi connectivity index (χ4v) is 2.12. The highest BCUT2D eigenvalue weighted by molar-refractivity contribution is 7.71. The van der Waals surface area contributed by atoms with Crippen molar-refractivity contribution in [2.75, 3.05) is 19.8 Å². The van der Waals surface area contributed by atoms with Crippen molar-refractivity contribution in [3.63, 3.8) is 0 Å². The molecule has 0 saturated heterocycles. The van der Waals surface area contributed by atoms with E-state index in [0.717, 1.165) is 6.42 Å². The van der Waals surface area contributed by atoms with Crippen LogP contribution >= 0.6 is 7.60 Å². The zero-order valence-electron chi connectivity index (χ0n) is 8.91. The SMILES string of the molecule is CCCNC(=O)P(=O)(OCC)OCC. The lowest BCUT2D eigenvalue weighted by Gasteiger charge is -2.15. The number of hydrogen-bond donors (Lipinski definition) is 1. The van der Waals surface area contributed by atoms with E-state index in [2.05, 4.69) is 5.32 Å². The number of carbonyl (C=O) groups is 1. The summed E-state index contributed by atoms with van der Waals surface area (Å²) in [5.74, 6) is 0. The van der Waals surface area contributed by atoms with E-state index in [-0.39, 0.29) is 13.2 Å². The maximum Gasteiger partial charge on any atom is 0.418 e. The van der Waals surface area contributed by atoms with Gasteiger partial charge in [0.25, 0.3) is 0 Å². The van der Waals surface area contributed by atoms with Gasteiger partial charge in [0.05, 0.1) is 13.2 Å². The van der Waals surface area contributed by atoms with Crippen LogP contribution in [0.5, 0.6) is 0 Å². The molecular weight excluding hydrogens is 205 g/mol. The quantitative estimate of drug-likeness (QED) is 0.673. The number of carbonyl (C=O) groups excluding carboxylic acids is 1. The standard InChI is InChI=1S/C8H18NO4P/c1-4-7-9-8(10)14(11,12-5-2)13-6-3/h4-7H2,1-3H3,(H,9,10). The first-order valence-electron chi connectivity index (χ1n) is 4.78. The molecule has 0 bridgehead atoms. The average Bonchev–Trinajstić information content (AvgIpc) is 2.15. The fourth-order valence-electron chi connectivity index (χ4n) is 0.823. The lowest BCUT2D eigenvalue weighted by Crippen LogP contribution is -2.24. The first-order valence-corrected chi connectivity index (χ1v) is 6.32. The number of hydrogen-bond acceptors (Lipinski definition) is 4. The summed E-state index contributed by atoms with van der Waals surface area (Å²) in [6, 6.07) is 0. The van der Waals surface area contributed by atoms with Crippen molar-refractivity contribution < 1.29 is 18.4 Å². The highest BCUT2D eigenvalue weighted by atomic mass is 31.2. The summed E-state index contributed by atoms with van der Waals surface area (Å²) in [6.45, 7) is 6.10. The Morgan fingerprint density at radius 3 is 2.07 bits per heavy atom. The molecule has 0 rings (SSSR count). The highest BCUT2D eigenvalue weighted by Crippen LogP contribution is 2.48. The summed E-state index contributed by atoms with van der Waals surface area (Å²) >= 11 is 0. The molecule has 0 aliphatic carbocycles. The van der Waals surface area contributed by atoms with Crippen LogP contribution in [0.4, 0.5) is 4.79 Å². The van der Waals surface area contributed by atoms with Gasteiger partial charge in [-0.1, -0.05) is 6.92 Å². The first kappa shape index (κ1) is 13.6. The van der Waals surface area contributed by atoms with Crippen LogP contribution in [0.25, 0.3) is 0 Å². The molecule has 0 saturated carbocycles. The molecule has 0 aromatic rings. The number of amides is 1. The van der Waals surface area contributed by atoms with Crippen LogP contribution in [0.1, 0.15) is 27.2 Å². The van der Waals surface area contributed by atoms with Gasteiger partial charge in [0.15, 0.2) is 0 Å².